The quantitative estimate of drug-likeness (QED) is 0.333. The lowest BCUT2D eigenvalue weighted by atomic mass is 9.85. The maximum absolute atomic E-state index is 13.4. The van der Waals surface area contributed by atoms with Crippen molar-refractivity contribution in [1.82, 2.24) is 19.9 Å². The number of fused-ring (bicyclic) bond motifs is 1. The summed E-state index contributed by atoms with van der Waals surface area (Å²) in [7, 11) is 1.41. The van der Waals surface area contributed by atoms with E-state index in [2.05, 4.69) is 20.6 Å². The van der Waals surface area contributed by atoms with Crippen molar-refractivity contribution in [3.63, 3.8) is 0 Å². The summed E-state index contributed by atoms with van der Waals surface area (Å²) in [5, 5.41) is 5.17. The summed E-state index contributed by atoms with van der Waals surface area (Å²) >= 11 is 0. The van der Waals surface area contributed by atoms with Gasteiger partial charge in [-0.1, -0.05) is 12.1 Å². The molecule has 7 nitrogen and oxygen atoms in total. The van der Waals surface area contributed by atoms with Crippen LogP contribution >= 0.6 is 0 Å². The summed E-state index contributed by atoms with van der Waals surface area (Å²) in [6, 6.07) is 5.27. The molecule has 0 unspecified atom stereocenters. The second kappa shape index (κ2) is 10.8. The van der Waals surface area contributed by atoms with E-state index >= 15 is 0 Å². The summed E-state index contributed by atoms with van der Waals surface area (Å²) in [6.07, 6.45) is -12.1. The minimum atomic E-state index is -4.66. The number of anilines is 2. The number of nitrogens with one attached hydrogen (secondary N) is 2. The van der Waals surface area contributed by atoms with Gasteiger partial charge in [0, 0.05) is 13.1 Å². The monoisotopic (exact) mass is 565 g/mol. The molecule has 1 amide bonds. The highest BCUT2D eigenvalue weighted by atomic mass is 19.4. The van der Waals surface area contributed by atoms with Gasteiger partial charge in [0.2, 0.25) is 11.8 Å². The molecule has 3 aromatic rings. The molecule has 212 valence electrons. The van der Waals surface area contributed by atoms with Crippen LogP contribution in [0.25, 0.3) is 11.2 Å². The Hall–Kier alpha value is -3.65. The summed E-state index contributed by atoms with van der Waals surface area (Å²) in [6.45, 7) is -1.10. The first-order chi connectivity index (χ1) is 18.2. The maximum atomic E-state index is 13.4. The lowest BCUT2D eigenvalue weighted by molar-refractivity contribution is -0.182. The highest BCUT2D eigenvalue weighted by Gasteiger charge is 2.41. The van der Waals surface area contributed by atoms with Gasteiger partial charge in [0.15, 0.2) is 12.3 Å². The van der Waals surface area contributed by atoms with E-state index in [9.17, 15) is 39.9 Å². The second-order valence-electron chi connectivity index (χ2n) is 9.11. The van der Waals surface area contributed by atoms with Gasteiger partial charge >= 0.3 is 12.4 Å². The molecule has 39 heavy (non-hydrogen) atoms. The molecular formula is C24H23F8N5O2. The van der Waals surface area contributed by atoms with E-state index in [1.807, 2.05) is 0 Å². The van der Waals surface area contributed by atoms with E-state index in [-0.39, 0.29) is 54.0 Å². The number of rotatable bonds is 7. The van der Waals surface area contributed by atoms with Crippen molar-refractivity contribution in [2.75, 3.05) is 11.9 Å². The van der Waals surface area contributed by atoms with Gasteiger partial charge < -0.3 is 15.4 Å². The standard InChI is InChI=1S/C24H23F8N5O2/c1-37-19-17(35-22(37)34-16-5-3-2-4-15(16)24(30,31)32)10-14(21(36-19)39-11-18(25)26)20(38)33-13-8-6-12(7-9-13)23(27,28)29/h2-5,10,12-13,18H,6-9,11H2,1H3,(H,33,38)(H,34,35). The van der Waals surface area contributed by atoms with Crippen LogP contribution in [0.1, 0.15) is 41.6 Å². The average Bonchev–Trinajstić information content (AvgIpc) is 3.15. The number of aryl methyl sites for hydroxylation is 1. The van der Waals surface area contributed by atoms with Crippen LogP contribution in [0, 0.1) is 5.92 Å². The molecular weight excluding hydrogens is 542 g/mol. The molecule has 0 saturated heterocycles. The Bertz CT molecular complexity index is 1330. The van der Waals surface area contributed by atoms with Crippen molar-refractivity contribution < 1.29 is 44.7 Å². The molecule has 1 fully saturated rings. The minimum Gasteiger partial charge on any atom is -0.471 e. The number of ether oxygens (including phenoxy) is 1. The fourth-order valence-corrected chi connectivity index (χ4v) is 4.41. The van der Waals surface area contributed by atoms with E-state index in [1.165, 1.54) is 35.9 Å². The van der Waals surface area contributed by atoms with Crippen LogP contribution in [0.15, 0.2) is 30.3 Å². The summed E-state index contributed by atoms with van der Waals surface area (Å²) in [5.41, 5.74) is -1.48. The Morgan fingerprint density at radius 1 is 1.08 bits per heavy atom. The molecule has 1 saturated carbocycles. The fraction of sp³-hybridized carbons (Fsp3) is 0.458. The number of carbonyl (C=O) groups excluding carboxylic acids is 1. The van der Waals surface area contributed by atoms with Crippen LogP contribution in [-0.4, -0.2) is 45.7 Å². The first-order valence-corrected chi connectivity index (χ1v) is 11.8. The van der Waals surface area contributed by atoms with E-state index in [4.69, 9.17) is 4.74 Å². The van der Waals surface area contributed by atoms with Crippen molar-refractivity contribution in [2.24, 2.45) is 13.0 Å². The Morgan fingerprint density at radius 3 is 2.36 bits per heavy atom. The summed E-state index contributed by atoms with van der Waals surface area (Å²) in [4.78, 5) is 21.3. The van der Waals surface area contributed by atoms with Crippen LogP contribution in [0.3, 0.4) is 0 Å². The van der Waals surface area contributed by atoms with E-state index < -0.39 is 54.7 Å². The lowest BCUT2D eigenvalue weighted by Gasteiger charge is -2.30. The van der Waals surface area contributed by atoms with Crippen molar-refractivity contribution in [2.45, 2.75) is 50.5 Å². The van der Waals surface area contributed by atoms with Crippen molar-refractivity contribution in [3.8, 4) is 5.88 Å². The average molecular weight is 565 g/mol. The topological polar surface area (TPSA) is 81.1 Å². The number of para-hydroxylation sites is 1. The largest absolute Gasteiger partial charge is 0.471 e. The molecule has 0 radical (unpaired) electrons. The first-order valence-electron chi connectivity index (χ1n) is 11.8. The number of hydrogen-bond acceptors (Lipinski definition) is 5. The summed E-state index contributed by atoms with van der Waals surface area (Å²) in [5.74, 6) is -2.84. The zero-order chi connectivity index (χ0) is 28.5. The third kappa shape index (κ3) is 6.50. The van der Waals surface area contributed by atoms with Crippen molar-refractivity contribution in [1.29, 1.82) is 0 Å². The first kappa shape index (κ1) is 28.4. The zero-order valence-electron chi connectivity index (χ0n) is 20.3. The SMILES string of the molecule is Cn1c(Nc2ccccc2C(F)(F)F)nc2cc(C(=O)NC3CCC(C(F)(F)F)CC3)c(OCC(F)F)nc21. The van der Waals surface area contributed by atoms with E-state index in [0.29, 0.717) is 0 Å². The Morgan fingerprint density at radius 2 is 1.74 bits per heavy atom. The molecule has 0 atom stereocenters. The number of halogens is 8. The molecule has 1 aromatic carbocycles. The molecule has 15 heteroatoms. The number of amides is 1. The van der Waals surface area contributed by atoms with Crippen LogP contribution in [0.5, 0.6) is 5.88 Å². The van der Waals surface area contributed by atoms with Gasteiger partial charge in [-0.05, 0) is 43.9 Å². The number of nitrogens with zero attached hydrogens (tertiary/aromatic N) is 3. The molecule has 0 spiro atoms. The predicted octanol–water partition coefficient (Wildman–Crippen LogP) is 6.23. The van der Waals surface area contributed by atoms with Gasteiger partial charge in [-0.15, -0.1) is 0 Å². The van der Waals surface area contributed by atoms with Crippen LogP contribution < -0.4 is 15.4 Å². The Kier molecular flexibility index (Phi) is 7.89. The number of hydrogen-bond donors (Lipinski definition) is 2. The third-order valence-corrected chi connectivity index (χ3v) is 6.40. The van der Waals surface area contributed by atoms with Gasteiger partial charge in [-0.25, -0.2) is 13.8 Å². The molecule has 1 aliphatic carbocycles. The molecule has 1 aliphatic rings. The van der Waals surface area contributed by atoms with Gasteiger partial charge in [0.05, 0.1) is 17.2 Å². The second-order valence-corrected chi connectivity index (χ2v) is 9.11. The molecule has 2 N–H and O–H groups in total. The van der Waals surface area contributed by atoms with Gasteiger partial charge in [0.25, 0.3) is 12.3 Å². The number of alkyl halides is 8. The van der Waals surface area contributed by atoms with E-state index in [0.717, 1.165) is 6.07 Å². The van der Waals surface area contributed by atoms with Crippen LogP contribution in [-0.2, 0) is 13.2 Å². The Labute approximate surface area is 216 Å². The Balaban J connectivity index is 1.63. The predicted molar refractivity (Wildman–Crippen MR) is 124 cm³/mol. The zero-order valence-corrected chi connectivity index (χ0v) is 20.3. The van der Waals surface area contributed by atoms with Crippen molar-refractivity contribution >= 4 is 28.7 Å². The highest BCUT2D eigenvalue weighted by molar-refractivity contribution is 5.99. The maximum Gasteiger partial charge on any atom is 0.418 e. The number of pyridine rings is 1. The summed E-state index contributed by atoms with van der Waals surface area (Å²) < 4.78 is 111. The van der Waals surface area contributed by atoms with Gasteiger partial charge in [-0.3, -0.25) is 9.36 Å². The third-order valence-electron chi connectivity index (χ3n) is 6.40. The van der Waals surface area contributed by atoms with Crippen molar-refractivity contribution in [3.05, 3.63) is 41.5 Å². The number of benzene rings is 1. The molecule has 0 aliphatic heterocycles. The van der Waals surface area contributed by atoms with Gasteiger partial charge in [0.1, 0.15) is 11.1 Å². The van der Waals surface area contributed by atoms with Crippen LogP contribution in [0.4, 0.5) is 46.8 Å². The molecule has 2 aromatic heterocycles. The molecule has 4 rings (SSSR count). The van der Waals surface area contributed by atoms with E-state index in [1.54, 1.807) is 0 Å². The van der Waals surface area contributed by atoms with Crippen LogP contribution in [0.2, 0.25) is 0 Å². The lowest BCUT2D eigenvalue weighted by Crippen LogP contribution is -2.40. The number of aromatic nitrogens is 3. The minimum absolute atomic E-state index is 0.0218. The fourth-order valence-electron chi connectivity index (χ4n) is 4.41. The number of imidazole rings is 1. The number of carbonyl (C=O) groups is 1. The highest BCUT2D eigenvalue weighted by Crippen LogP contribution is 2.38. The smallest absolute Gasteiger partial charge is 0.418 e. The molecule has 2 heterocycles. The normalized spacial score (nSPS) is 18.4. The van der Waals surface area contributed by atoms with Gasteiger partial charge in [-0.2, -0.15) is 31.3 Å². The molecule has 0 bridgehead atoms.